The summed E-state index contributed by atoms with van der Waals surface area (Å²) < 4.78 is 4.77. The molecule has 0 aliphatic rings. The standard InChI is InChI=1S/C21H20N4O3/c1-14-7-3-4-8-15(14)13-22-20(26)18-11-12-19(25-24-18)23-17-10-6-5-9-16(17)21(27)28-2/h3-12H,13H2,1-2H3,(H,22,26)(H,23,25). The Balaban J connectivity index is 1.66. The highest BCUT2D eigenvalue weighted by Crippen LogP contribution is 2.20. The zero-order valence-electron chi connectivity index (χ0n) is 15.6. The summed E-state index contributed by atoms with van der Waals surface area (Å²) in [6.45, 7) is 2.41. The van der Waals surface area contributed by atoms with Gasteiger partial charge in [0.25, 0.3) is 5.91 Å². The molecule has 3 rings (SSSR count). The molecule has 1 aromatic heterocycles. The number of ether oxygens (including phenoxy) is 1. The van der Waals surface area contributed by atoms with Gasteiger partial charge in [0.15, 0.2) is 11.5 Å². The molecule has 28 heavy (non-hydrogen) atoms. The number of methoxy groups -OCH3 is 1. The average molecular weight is 376 g/mol. The van der Waals surface area contributed by atoms with Gasteiger partial charge in [0.1, 0.15) is 0 Å². The Morgan fingerprint density at radius 2 is 1.71 bits per heavy atom. The van der Waals surface area contributed by atoms with Crippen LogP contribution in [-0.2, 0) is 11.3 Å². The van der Waals surface area contributed by atoms with Gasteiger partial charge in [-0.05, 0) is 42.3 Å². The summed E-state index contributed by atoms with van der Waals surface area (Å²) in [5.41, 5.74) is 3.28. The minimum absolute atomic E-state index is 0.209. The molecule has 0 aliphatic carbocycles. The smallest absolute Gasteiger partial charge is 0.339 e. The zero-order valence-corrected chi connectivity index (χ0v) is 15.6. The first-order chi connectivity index (χ1) is 13.6. The number of carbonyl (C=O) groups is 2. The second kappa shape index (κ2) is 8.77. The quantitative estimate of drug-likeness (QED) is 0.642. The first-order valence-corrected chi connectivity index (χ1v) is 8.69. The fourth-order valence-corrected chi connectivity index (χ4v) is 2.61. The Morgan fingerprint density at radius 1 is 0.964 bits per heavy atom. The topological polar surface area (TPSA) is 93.2 Å². The summed E-state index contributed by atoms with van der Waals surface area (Å²) in [6.07, 6.45) is 0. The lowest BCUT2D eigenvalue weighted by Gasteiger charge is -2.10. The number of aromatic nitrogens is 2. The van der Waals surface area contributed by atoms with E-state index in [4.69, 9.17) is 4.74 Å². The van der Waals surface area contributed by atoms with Crippen molar-refractivity contribution in [2.45, 2.75) is 13.5 Å². The number of hydrogen-bond acceptors (Lipinski definition) is 6. The fraction of sp³-hybridized carbons (Fsp3) is 0.143. The van der Waals surface area contributed by atoms with Gasteiger partial charge < -0.3 is 15.4 Å². The molecule has 0 fully saturated rings. The van der Waals surface area contributed by atoms with Crippen LogP contribution in [-0.4, -0.2) is 29.2 Å². The van der Waals surface area contributed by atoms with Gasteiger partial charge in [0, 0.05) is 6.54 Å². The predicted molar refractivity (Wildman–Crippen MR) is 105 cm³/mol. The van der Waals surface area contributed by atoms with Crippen molar-refractivity contribution in [3.05, 3.63) is 83.0 Å². The summed E-state index contributed by atoms with van der Waals surface area (Å²) >= 11 is 0. The molecule has 0 bridgehead atoms. The summed E-state index contributed by atoms with van der Waals surface area (Å²) in [7, 11) is 1.32. The van der Waals surface area contributed by atoms with Gasteiger partial charge in [-0.3, -0.25) is 4.79 Å². The first kappa shape index (κ1) is 19.0. The molecule has 0 aliphatic heterocycles. The third kappa shape index (κ3) is 4.50. The van der Waals surface area contributed by atoms with E-state index in [2.05, 4.69) is 20.8 Å². The normalized spacial score (nSPS) is 10.2. The summed E-state index contributed by atoms with van der Waals surface area (Å²) in [5, 5.41) is 13.8. The van der Waals surface area contributed by atoms with E-state index >= 15 is 0 Å². The predicted octanol–water partition coefficient (Wildman–Crippen LogP) is 3.25. The molecule has 0 spiro atoms. The van der Waals surface area contributed by atoms with E-state index in [9.17, 15) is 9.59 Å². The van der Waals surface area contributed by atoms with Crippen molar-refractivity contribution >= 4 is 23.4 Å². The second-order valence-electron chi connectivity index (χ2n) is 6.08. The van der Waals surface area contributed by atoms with Crippen LogP contribution in [0.25, 0.3) is 0 Å². The van der Waals surface area contributed by atoms with E-state index in [0.717, 1.165) is 11.1 Å². The molecule has 2 N–H and O–H groups in total. The van der Waals surface area contributed by atoms with Gasteiger partial charge in [0.2, 0.25) is 0 Å². The van der Waals surface area contributed by atoms with Crippen molar-refractivity contribution < 1.29 is 14.3 Å². The number of anilines is 2. The van der Waals surface area contributed by atoms with E-state index in [1.54, 1.807) is 36.4 Å². The number of nitrogens with zero attached hydrogens (tertiary/aromatic N) is 2. The number of rotatable bonds is 6. The molecule has 0 atom stereocenters. The number of carbonyl (C=O) groups excluding carboxylic acids is 2. The zero-order chi connectivity index (χ0) is 19.9. The van der Waals surface area contributed by atoms with Crippen molar-refractivity contribution in [2.75, 3.05) is 12.4 Å². The molecule has 0 radical (unpaired) electrons. The van der Waals surface area contributed by atoms with Crippen LogP contribution in [0.3, 0.4) is 0 Å². The highest BCUT2D eigenvalue weighted by Gasteiger charge is 2.13. The highest BCUT2D eigenvalue weighted by atomic mass is 16.5. The van der Waals surface area contributed by atoms with Crippen molar-refractivity contribution in [3.63, 3.8) is 0 Å². The minimum Gasteiger partial charge on any atom is -0.465 e. The molecule has 1 heterocycles. The van der Waals surface area contributed by atoms with E-state index in [1.807, 2.05) is 31.2 Å². The van der Waals surface area contributed by atoms with Gasteiger partial charge in [0.05, 0.1) is 18.4 Å². The van der Waals surface area contributed by atoms with Gasteiger partial charge in [-0.15, -0.1) is 10.2 Å². The van der Waals surface area contributed by atoms with E-state index in [0.29, 0.717) is 23.6 Å². The molecule has 3 aromatic rings. The Hall–Kier alpha value is -3.74. The van der Waals surface area contributed by atoms with Crippen LogP contribution in [0, 0.1) is 6.92 Å². The molecule has 0 saturated carbocycles. The largest absolute Gasteiger partial charge is 0.465 e. The highest BCUT2D eigenvalue weighted by molar-refractivity contribution is 5.96. The van der Waals surface area contributed by atoms with Crippen molar-refractivity contribution in [1.29, 1.82) is 0 Å². The van der Waals surface area contributed by atoms with E-state index < -0.39 is 5.97 Å². The van der Waals surface area contributed by atoms with Gasteiger partial charge >= 0.3 is 5.97 Å². The maximum atomic E-state index is 12.3. The number of benzene rings is 2. The van der Waals surface area contributed by atoms with Gasteiger partial charge in [-0.2, -0.15) is 0 Å². The van der Waals surface area contributed by atoms with Crippen LogP contribution in [0.1, 0.15) is 32.0 Å². The lowest BCUT2D eigenvalue weighted by molar-refractivity contribution is 0.0601. The minimum atomic E-state index is -0.455. The maximum Gasteiger partial charge on any atom is 0.339 e. The van der Waals surface area contributed by atoms with Gasteiger partial charge in [-0.25, -0.2) is 4.79 Å². The number of esters is 1. The SMILES string of the molecule is COC(=O)c1ccccc1Nc1ccc(C(=O)NCc2ccccc2C)nn1. The first-order valence-electron chi connectivity index (χ1n) is 8.69. The third-order valence-electron chi connectivity index (χ3n) is 4.19. The molecule has 0 unspecified atom stereocenters. The monoisotopic (exact) mass is 376 g/mol. The summed E-state index contributed by atoms with van der Waals surface area (Å²) in [4.78, 5) is 24.1. The maximum absolute atomic E-state index is 12.3. The number of hydrogen-bond donors (Lipinski definition) is 2. The van der Waals surface area contributed by atoms with Crippen LogP contribution >= 0.6 is 0 Å². The van der Waals surface area contributed by atoms with Crippen LogP contribution in [0.15, 0.2) is 60.7 Å². The molecular formula is C21H20N4O3. The molecular weight excluding hydrogens is 356 g/mol. The number of amides is 1. The van der Waals surface area contributed by atoms with Crippen LogP contribution in [0.4, 0.5) is 11.5 Å². The Morgan fingerprint density at radius 3 is 2.43 bits per heavy atom. The summed E-state index contributed by atoms with van der Waals surface area (Å²) in [6, 6.07) is 18.0. The molecule has 142 valence electrons. The number of nitrogens with one attached hydrogen (secondary N) is 2. The lowest BCUT2D eigenvalue weighted by atomic mass is 10.1. The number of aryl methyl sites for hydroxylation is 1. The summed E-state index contributed by atoms with van der Waals surface area (Å²) in [5.74, 6) is -0.354. The third-order valence-corrected chi connectivity index (χ3v) is 4.19. The number of para-hydroxylation sites is 1. The van der Waals surface area contributed by atoms with Gasteiger partial charge in [-0.1, -0.05) is 36.4 Å². The van der Waals surface area contributed by atoms with E-state index in [-0.39, 0.29) is 11.6 Å². The molecule has 2 aromatic carbocycles. The molecule has 7 heteroatoms. The van der Waals surface area contributed by atoms with Crippen LogP contribution in [0.2, 0.25) is 0 Å². The van der Waals surface area contributed by atoms with E-state index in [1.165, 1.54) is 7.11 Å². The van der Waals surface area contributed by atoms with Crippen LogP contribution < -0.4 is 10.6 Å². The van der Waals surface area contributed by atoms with Crippen molar-refractivity contribution in [2.24, 2.45) is 0 Å². The second-order valence-corrected chi connectivity index (χ2v) is 6.08. The fourth-order valence-electron chi connectivity index (χ4n) is 2.61. The Kier molecular flexibility index (Phi) is 5.96. The molecule has 0 saturated heterocycles. The van der Waals surface area contributed by atoms with Crippen molar-refractivity contribution in [1.82, 2.24) is 15.5 Å². The van der Waals surface area contributed by atoms with Crippen molar-refractivity contribution in [3.8, 4) is 0 Å². The molecule has 7 nitrogen and oxygen atoms in total. The Bertz CT molecular complexity index is 987. The Labute approximate surface area is 162 Å². The lowest BCUT2D eigenvalue weighted by Crippen LogP contribution is -2.24. The van der Waals surface area contributed by atoms with Crippen LogP contribution in [0.5, 0.6) is 0 Å². The average Bonchev–Trinajstić information content (AvgIpc) is 2.73. The molecule has 1 amide bonds.